The predicted molar refractivity (Wildman–Crippen MR) is 245 cm³/mol. The van der Waals surface area contributed by atoms with Gasteiger partial charge in [-0.3, -0.25) is 0 Å². The van der Waals surface area contributed by atoms with Gasteiger partial charge in [-0.25, -0.2) is 0 Å². The molecule has 0 aliphatic carbocycles. The maximum atomic E-state index is 2.41. The lowest BCUT2D eigenvalue weighted by Gasteiger charge is -2.27. The molecule has 0 saturated carbocycles. The number of benzene rings is 11. The van der Waals surface area contributed by atoms with E-state index in [-0.39, 0.29) is 0 Å². The molecule has 0 aliphatic rings. The summed E-state index contributed by atoms with van der Waals surface area (Å²) >= 11 is 0. The molecule has 0 N–H and O–H groups in total. The molecule has 1 heteroatoms. The van der Waals surface area contributed by atoms with E-state index >= 15 is 0 Å². The second-order valence-electron chi connectivity index (χ2n) is 14.9. The molecule has 11 aromatic rings. The Morgan fingerprint density at radius 1 is 0.211 bits per heavy atom. The number of rotatable bonds is 6. The molecule has 0 aliphatic heterocycles. The Morgan fingerprint density at radius 2 is 0.667 bits per heavy atom. The summed E-state index contributed by atoms with van der Waals surface area (Å²) in [6.45, 7) is 0. The van der Waals surface area contributed by atoms with E-state index in [1.54, 1.807) is 0 Å². The normalized spacial score (nSPS) is 11.5. The lowest BCUT2D eigenvalue weighted by Crippen LogP contribution is -2.10. The van der Waals surface area contributed by atoms with Crippen molar-refractivity contribution in [3.63, 3.8) is 0 Å². The van der Waals surface area contributed by atoms with Gasteiger partial charge >= 0.3 is 0 Å². The Kier molecular flexibility index (Phi) is 7.89. The molecule has 0 spiro atoms. The van der Waals surface area contributed by atoms with E-state index in [0.29, 0.717) is 0 Å². The van der Waals surface area contributed by atoms with Gasteiger partial charge in [-0.05, 0) is 130 Å². The number of anilines is 3. The van der Waals surface area contributed by atoms with Gasteiger partial charge in [0.1, 0.15) is 0 Å². The summed E-state index contributed by atoms with van der Waals surface area (Å²) in [5, 5.41) is 12.5. The SMILES string of the molecule is c1ccc(-c2cc(N(c3ccc(-c4cccc5ccccc45)cc3)c3ccc4ccc5ccccc5c4c3)ccc2-c2ccc3ccc4ccccc4c3c2)cc1. The Balaban J connectivity index is 1.11. The lowest BCUT2D eigenvalue weighted by atomic mass is 9.91. The Labute approximate surface area is 332 Å². The predicted octanol–water partition coefficient (Wildman–Crippen LogP) is 15.9. The molecule has 0 aromatic heterocycles. The first-order valence-electron chi connectivity index (χ1n) is 19.7. The number of hydrogen-bond acceptors (Lipinski definition) is 1. The van der Waals surface area contributed by atoms with E-state index in [1.165, 1.54) is 87.2 Å². The molecular weight excluding hydrogens is 687 g/mol. The molecule has 57 heavy (non-hydrogen) atoms. The number of hydrogen-bond donors (Lipinski definition) is 0. The van der Waals surface area contributed by atoms with Crippen molar-refractivity contribution in [1.29, 1.82) is 0 Å². The van der Waals surface area contributed by atoms with Gasteiger partial charge in [0.05, 0.1) is 0 Å². The van der Waals surface area contributed by atoms with Crippen molar-refractivity contribution < 1.29 is 0 Å². The van der Waals surface area contributed by atoms with Crippen molar-refractivity contribution >= 4 is 70.9 Å². The monoisotopic (exact) mass is 723 g/mol. The Hall–Kier alpha value is -7.48. The highest BCUT2D eigenvalue weighted by Crippen LogP contribution is 2.43. The van der Waals surface area contributed by atoms with Crippen LogP contribution in [0.1, 0.15) is 0 Å². The summed E-state index contributed by atoms with van der Waals surface area (Å²) in [6, 6.07) is 82.2. The summed E-state index contributed by atoms with van der Waals surface area (Å²) in [6.07, 6.45) is 0. The smallest absolute Gasteiger partial charge is 0.0468 e. The van der Waals surface area contributed by atoms with Gasteiger partial charge in [0.15, 0.2) is 0 Å². The van der Waals surface area contributed by atoms with Crippen LogP contribution in [0.2, 0.25) is 0 Å². The largest absolute Gasteiger partial charge is 0.310 e. The number of nitrogens with zero attached hydrogens (tertiary/aromatic N) is 1. The fraction of sp³-hybridized carbons (Fsp3) is 0. The molecule has 11 rings (SSSR count). The van der Waals surface area contributed by atoms with Gasteiger partial charge in [0.2, 0.25) is 0 Å². The van der Waals surface area contributed by atoms with Gasteiger partial charge in [-0.2, -0.15) is 0 Å². The highest BCUT2D eigenvalue weighted by molar-refractivity contribution is 6.10. The molecule has 0 radical (unpaired) electrons. The molecule has 0 amide bonds. The van der Waals surface area contributed by atoms with Crippen molar-refractivity contribution in [2.24, 2.45) is 0 Å². The maximum Gasteiger partial charge on any atom is 0.0468 e. The van der Waals surface area contributed by atoms with E-state index in [2.05, 4.69) is 229 Å². The molecule has 0 bridgehead atoms. The summed E-state index contributed by atoms with van der Waals surface area (Å²) in [5.74, 6) is 0. The van der Waals surface area contributed by atoms with Crippen LogP contribution in [0.25, 0.3) is 87.2 Å². The van der Waals surface area contributed by atoms with Crippen LogP contribution in [0, 0.1) is 0 Å². The van der Waals surface area contributed by atoms with Crippen molar-refractivity contribution in [1.82, 2.24) is 0 Å². The summed E-state index contributed by atoms with van der Waals surface area (Å²) in [7, 11) is 0. The first-order valence-corrected chi connectivity index (χ1v) is 19.7. The maximum absolute atomic E-state index is 2.41. The fourth-order valence-corrected chi connectivity index (χ4v) is 8.79. The fourth-order valence-electron chi connectivity index (χ4n) is 8.79. The molecular formula is C56H37N. The van der Waals surface area contributed by atoms with Crippen LogP contribution in [0.3, 0.4) is 0 Å². The van der Waals surface area contributed by atoms with Gasteiger partial charge in [-0.15, -0.1) is 0 Å². The molecule has 0 heterocycles. The quantitative estimate of drug-likeness (QED) is 0.154. The van der Waals surface area contributed by atoms with E-state index in [1.807, 2.05) is 0 Å². The second-order valence-corrected chi connectivity index (χ2v) is 14.9. The third-order valence-corrected chi connectivity index (χ3v) is 11.6. The molecule has 0 saturated heterocycles. The van der Waals surface area contributed by atoms with Crippen molar-refractivity contribution in [3.8, 4) is 33.4 Å². The minimum Gasteiger partial charge on any atom is -0.310 e. The van der Waals surface area contributed by atoms with E-state index in [9.17, 15) is 0 Å². The summed E-state index contributed by atoms with van der Waals surface area (Å²) in [5.41, 5.74) is 10.5. The number of fused-ring (bicyclic) bond motifs is 7. The van der Waals surface area contributed by atoms with Crippen LogP contribution in [-0.2, 0) is 0 Å². The van der Waals surface area contributed by atoms with Gasteiger partial charge in [0, 0.05) is 17.1 Å². The van der Waals surface area contributed by atoms with Gasteiger partial charge in [-0.1, -0.05) is 182 Å². The minimum absolute atomic E-state index is 1.10. The van der Waals surface area contributed by atoms with Crippen LogP contribution in [0.5, 0.6) is 0 Å². The average Bonchev–Trinajstić information content (AvgIpc) is 3.29. The average molecular weight is 724 g/mol. The summed E-state index contributed by atoms with van der Waals surface area (Å²) < 4.78 is 0. The molecule has 0 unspecified atom stereocenters. The zero-order valence-electron chi connectivity index (χ0n) is 31.3. The lowest BCUT2D eigenvalue weighted by molar-refractivity contribution is 1.29. The van der Waals surface area contributed by atoms with Crippen LogP contribution in [0.4, 0.5) is 17.1 Å². The van der Waals surface area contributed by atoms with Crippen LogP contribution in [-0.4, -0.2) is 0 Å². The zero-order chi connectivity index (χ0) is 37.7. The van der Waals surface area contributed by atoms with Gasteiger partial charge in [0.25, 0.3) is 0 Å². The first-order chi connectivity index (χ1) is 28.2. The van der Waals surface area contributed by atoms with E-state index < -0.39 is 0 Å². The Morgan fingerprint density at radius 3 is 1.37 bits per heavy atom. The van der Waals surface area contributed by atoms with Crippen molar-refractivity contribution in [2.45, 2.75) is 0 Å². The van der Waals surface area contributed by atoms with Crippen LogP contribution < -0.4 is 4.90 Å². The molecule has 11 aromatic carbocycles. The van der Waals surface area contributed by atoms with E-state index in [0.717, 1.165) is 17.1 Å². The molecule has 0 atom stereocenters. The topological polar surface area (TPSA) is 3.24 Å². The molecule has 1 nitrogen and oxygen atoms in total. The highest BCUT2D eigenvalue weighted by atomic mass is 15.1. The third kappa shape index (κ3) is 5.80. The second kappa shape index (κ2) is 13.7. The van der Waals surface area contributed by atoms with Crippen LogP contribution >= 0.6 is 0 Å². The Bertz CT molecular complexity index is 3280. The highest BCUT2D eigenvalue weighted by Gasteiger charge is 2.18. The minimum atomic E-state index is 1.10. The van der Waals surface area contributed by atoms with Crippen molar-refractivity contribution in [3.05, 3.63) is 224 Å². The zero-order valence-corrected chi connectivity index (χ0v) is 31.3. The van der Waals surface area contributed by atoms with Gasteiger partial charge < -0.3 is 4.90 Å². The molecule has 266 valence electrons. The first kappa shape index (κ1) is 32.9. The molecule has 0 fully saturated rings. The van der Waals surface area contributed by atoms with Crippen molar-refractivity contribution in [2.75, 3.05) is 4.90 Å². The summed E-state index contributed by atoms with van der Waals surface area (Å²) in [4.78, 5) is 2.41. The van der Waals surface area contributed by atoms with Crippen LogP contribution in [0.15, 0.2) is 224 Å². The van der Waals surface area contributed by atoms with E-state index in [4.69, 9.17) is 0 Å². The third-order valence-electron chi connectivity index (χ3n) is 11.6. The standard InChI is InChI=1S/C56H37N/c1-2-11-39(12-3-1)55-37-48(33-34-53(55)45-26-25-43-23-21-40-14-5-8-18-51(40)54(43)35-45)57(47-32-29-44-24-22-41-15-6-9-19-52(41)56(44)36-47)46-30-27-42(28-31-46)50-20-10-16-38-13-4-7-17-49(38)50/h1-37H.